The van der Waals surface area contributed by atoms with E-state index in [1.165, 1.54) is 0 Å². The molecule has 0 atom stereocenters. The molecule has 0 fully saturated rings. The summed E-state index contributed by atoms with van der Waals surface area (Å²) < 4.78 is 10.3. The number of urea groups is 2. The van der Waals surface area contributed by atoms with Crippen molar-refractivity contribution in [2.24, 2.45) is 0 Å². The van der Waals surface area contributed by atoms with Gasteiger partial charge in [0, 0.05) is 13.1 Å². The Morgan fingerprint density at radius 3 is 1.46 bits per heavy atom. The van der Waals surface area contributed by atoms with Crippen LogP contribution in [0.1, 0.15) is 50.0 Å². The standard InChI is InChI=1S/C20H30N4O4/c25-19(23-15-17-9-7-13-27-17)21-11-5-3-1-2-4-6-12-22-20(26)24-16-18-10-8-14-28-18/h7-10,13-14H,1-6,11-12,15-16H2,(H2,21,23,25)(H2,22,24,26). The van der Waals surface area contributed by atoms with E-state index in [-0.39, 0.29) is 12.1 Å². The molecule has 0 radical (unpaired) electrons. The molecular formula is C20H30N4O4. The van der Waals surface area contributed by atoms with Gasteiger partial charge in [-0.3, -0.25) is 0 Å². The monoisotopic (exact) mass is 390 g/mol. The van der Waals surface area contributed by atoms with Crippen molar-refractivity contribution in [2.75, 3.05) is 13.1 Å². The van der Waals surface area contributed by atoms with E-state index in [9.17, 15) is 9.59 Å². The van der Waals surface area contributed by atoms with Gasteiger partial charge in [-0.25, -0.2) is 9.59 Å². The van der Waals surface area contributed by atoms with Crippen LogP contribution in [0.2, 0.25) is 0 Å². The van der Waals surface area contributed by atoms with E-state index in [1.54, 1.807) is 24.7 Å². The molecule has 0 aliphatic rings. The molecule has 2 rings (SSSR count). The van der Waals surface area contributed by atoms with Gasteiger partial charge in [0.1, 0.15) is 11.5 Å². The Bertz CT molecular complexity index is 598. The zero-order chi connectivity index (χ0) is 19.9. The quantitative estimate of drug-likeness (QED) is 0.392. The minimum atomic E-state index is -0.173. The Morgan fingerprint density at radius 2 is 1.07 bits per heavy atom. The molecule has 0 aliphatic heterocycles. The first-order valence-electron chi connectivity index (χ1n) is 9.82. The second-order valence-corrected chi connectivity index (χ2v) is 6.50. The summed E-state index contributed by atoms with van der Waals surface area (Å²) in [5.74, 6) is 1.47. The first kappa shape index (κ1) is 21.4. The fourth-order valence-electron chi connectivity index (χ4n) is 2.65. The molecule has 0 saturated carbocycles. The molecule has 4 N–H and O–H groups in total. The number of carbonyl (C=O) groups is 2. The largest absolute Gasteiger partial charge is 0.467 e. The van der Waals surface area contributed by atoms with Gasteiger partial charge in [0.25, 0.3) is 0 Å². The van der Waals surface area contributed by atoms with Crippen LogP contribution in [0.5, 0.6) is 0 Å². The third kappa shape index (κ3) is 9.70. The van der Waals surface area contributed by atoms with E-state index in [2.05, 4.69) is 21.3 Å². The second-order valence-electron chi connectivity index (χ2n) is 6.50. The molecule has 0 unspecified atom stereocenters. The molecule has 2 heterocycles. The van der Waals surface area contributed by atoms with Gasteiger partial charge in [-0.05, 0) is 37.1 Å². The number of unbranched alkanes of at least 4 members (excludes halogenated alkanes) is 5. The van der Waals surface area contributed by atoms with E-state index >= 15 is 0 Å². The van der Waals surface area contributed by atoms with E-state index in [4.69, 9.17) is 8.83 Å². The first-order chi connectivity index (χ1) is 13.7. The first-order valence-corrected chi connectivity index (χ1v) is 9.82. The fraction of sp³-hybridized carbons (Fsp3) is 0.500. The van der Waals surface area contributed by atoms with Crippen molar-refractivity contribution in [2.45, 2.75) is 51.6 Å². The molecular weight excluding hydrogens is 360 g/mol. The summed E-state index contributed by atoms with van der Waals surface area (Å²) in [5.41, 5.74) is 0. The smallest absolute Gasteiger partial charge is 0.315 e. The molecule has 2 aromatic heterocycles. The lowest BCUT2D eigenvalue weighted by molar-refractivity contribution is 0.238. The van der Waals surface area contributed by atoms with Crippen LogP contribution in [-0.2, 0) is 13.1 Å². The maximum absolute atomic E-state index is 11.6. The number of furan rings is 2. The normalized spacial score (nSPS) is 10.4. The van der Waals surface area contributed by atoms with Crippen LogP contribution in [0.3, 0.4) is 0 Å². The number of amides is 4. The van der Waals surface area contributed by atoms with Gasteiger partial charge in [-0.15, -0.1) is 0 Å². The lowest BCUT2D eigenvalue weighted by Crippen LogP contribution is -2.35. The lowest BCUT2D eigenvalue weighted by atomic mass is 10.1. The molecule has 0 saturated heterocycles. The van der Waals surface area contributed by atoms with Crippen molar-refractivity contribution in [3.05, 3.63) is 48.3 Å². The van der Waals surface area contributed by atoms with Crippen LogP contribution in [0.25, 0.3) is 0 Å². The van der Waals surface area contributed by atoms with Crippen LogP contribution in [0, 0.1) is 0 Å². The van der Waals surface area contributed by atoms with Crippen molar-refractivity contribution in [1.82, 2.24) is 21.3 Å². The maximum Gasteiger partial charge on any atom is 0.315 e. The Hall–Kier alpha value is -2.90. The van der Waals surface area contributed by atoms with Gasteiger partial charge in [0.05, 0.1) is 25.6 Å². The molecule has 0 bridgehead atoms. The highest BCUT2D eigenvalue weighted by Gasteiger charge is 2.02. The van der Waals surface area contributed by atoms with Crippen molar-refractivity contribution >= 4 is 12.1 Å². The number of nitrogens with one attached hydrogen (secondary N) is 4. The molecule has 0 aromatic carbocycles. The van der Waals surface area contributed by atoms with E-state index in [1.807, 2.05) is 12.1 Å². The highest BCUT2D eigenvalue weighted by Crippen LogP contribution is 2.04. The number of hydrogen-bond acceptors (Lipinski definition) is 4. The van der Waals surface area contributed by atoms with Crippen molar-refractivity contribution in [3.63, 3.8) is 0 Å². The predicted molar refractivity (Wildman–Crippen MR) is 106 cm³/mol. The third-order valence-corrected chi connectivity index (χ3v) is 4.18. The zero-order valence-corrected chi connectivity index (χ0v) is 16.2. The van der Waals surface area contributed by atoms with Gasteiger partial charge in [0.15, 0.2) is 0 Å². The molecule has 4 amide bonds. The van der Waals surface area contributed by atoms with Gasteiger partial charge in [-0.2, -0.15) is 0 Å². The third-order valence-electron chi connectivity index (χ3n) is 4.18. The molecule has 0 spiro atoms. The summed E-state index contributed by atoms with van der Waals surface area (Å²) in [4.78, 5) is 23.2. The SMILES string of the molecule is O=C(NCCCCCCCCNC(=O)NCc1ccco1)NCc1ccco1. The van der Waals surface area contributed by atoms with Crippen LogP contribution >= 0.6 is 0 Å². The van der Waals surface area contributed by atoms with E-state index in [0.717, 1.165) is 50.0 Å². The minimum Gasteiger partial charge on any atom is -0.467 e. The predicted octanol–water partition coefficient (Wildman–Crippen LogP) is 3.51. The topological polar surface area (TPSA) is 109 Å². The molecule has 0 aliphatic carbocycles. The summed E-state index contributed by atoms with van der Waals surface area (Å²) in [6.07, 6.45) is 9.50. The molecule has 28 heavy (non-hydrogen) atoms. The van der Waals surface area contributed by atoms with E-state index in [0.29, 0.717) is 26.2 Å². The van der Waals surface area contributed by atoms with E-state index < -0.39 is 0 Å². The Kier molecular flexibility index (Phi) is 10.2. The van der Waals surface area contributed by atoms with Crippen LogP contribution in [0.4, 0.5) is 9.59 Å². The van der Waals surface area contributed by atoms with Crippen LogP contribution in [0.15, 0.2) is 45.6 Å². The molecule has 154 valence electrons. The van der Waals surface area contributed by atoms with Gasteiger partial charge < -0.3 is 30.1 Å². The number of rotatable bonds is 13. The van der Waals surface area contributed by atoms with Crippen LogP contribution in [-0.4, -0.2) is 25.2 Å². The Balaban J connectivity index is 1.32. The summed E-state index contributed by atoms with van der Waals surface area (Å²) in [6, 6.07) is 6.89. The number of hydrogen-bond donors (Lipinski definition) is 4. The highest BCUT2D eigenvalue weighted by molar-refractivity contribution is 5.74. The second kappa shape index (κ2) is 13.3. The van der Waals surface area contributed by atoms with Crippen LogP contribution < -0.4 is 21.3 Å². The Morgan fingerprint density at radius 1 is 0.643 bits per heavy atom. The average molecular weight is 390 g/mol. The summed E-state index contributed by atoms with van der Waals surface area (Å²) in [7, 11) is 0. The number of carbonyl (C=O) groups excluding carboxylic acids is 2. The molecule has 8 heteroatoms. The van der Waals surface area contributed by atoms with Gasteiger partial charge in [0.2, 0.25) is 0 Å². The minimum absolute atomic E-state index is 0.173. The molecule has 8 nitrogen and oxygen atoms in total. The Labute approximate surface area is 165 Å². The van der Waals surface area contributed by atoms with Crippen molar-refractivity contribution in [1.29, 1.82) is 0 Å². The van der Waals surface area contributed by atoms with Gasteiger partial charge >= 0.3 is 12.1 Å². The molecule has 2 aromatic rings. The van der Waals surface area contributed by atoms with Gasteiger partial charge in [-0.1, -0.05) is 25.7 Å². The maximum atomic E-state index is 11.6. The fourth-order valence-corrected chi connectivity index (χ4v) is 2.65. The zero-order valence-electron chi connectivity index (χ0n) is 16.2. The van der Waals surface area contributed by atoms with Crippen molar-refractivity contribution in [3.8, 4) is 0 Å². The lowest BCUT2D eigenvalue weighted by Gasteiger charge is -2.07. The summed E-state index contributed by atoms with van der Waals surface area (Å²) in [6.45, 7) is 2.13. The highest BCUT2D eigenvalue weighted by atomic mass is 16.3. The average Bonchev–Trinajstić information content (AvgIpc) is 3.40. The summed E-state index contributed by atoms with van der Waals surface area (Å²) in [5, 5.41) is 11.2. The summed E-state index contributed by atoms with van der Waals surface area (Å²) >= 11 is 0. The van der Waals surface area contributed by atoms with Crippen molar-refractivity contribution < 1.29 is 18.4 Å².